The predicted molar refractivity (Wildman–Crippen MR) is 152 cm³/mol. The van der Waals surface area contributed by atoms with Crippen molar-refractivity contribution in [3.05, 3.63) is 24.0 Å². The second kappa shape index (κ2) is 11.0. The topological polar surface area (TPSA) is 103 Å². The van der Waals surface area contributed by atoms with Crippen LogP contribution in [0.15, 0.2) is 18.3 Å². The minimum atomic E-state index is -4.72. The lowest BCUT2D eigenvalue weighted by Gasteiger charge is -2.40. The van der Waals surface area contributed by atoms with E-state index < -0.39 is 11.9 Å². The normalized spacial score (nSPS) is 28.1. The average Bonchev–Trinajstić information content (AvgIpc) is 3.70. The highest BCUT2D eigenvalue weighted by Crippen LogP contribution is 2.44. The zero-order valence-corrected chi connectivity index (χ0v) is 24.4. The maximum Gasteiger partial charge on any atom is 0.435 e. The van der Waals surface area contributed by atoms with Crippen LogP contribution in [-0.2, 0) is 20.4 Å². The summed E-state index contributed by atoms with van der Waals surface area (Å²) in [6.07, 6.45) is 2.43. The summed E-state index contributed by atoms with van der Waals surface area (Å²) >= 11 is 0. The summed E-state index contributed by atoms with van der Waals surface area (Å²) in [6, 6.07) is 3.49. The van der Waals surface area contributed by atoms with E-state index in [2.05, 4.69) is 20.4 Å². The van der Waals surface area contributed by atoms with Crippen LogP contribution in [0.2, 0.25) is 0 Å². The van der Waals surface area contributed by atoms with E-state index in [1.165, 1.54) is 4.68 Å². The first-order chi connectivity index (χ1) is 20.7. The van der Waals surface area contributed by atoms with Crippen molar-refractivity contribution in [1.29, 1.82) is 0 Å². The quantitative estimate of drug-likeness (QED) is 0.467. The Kier molecular flexibility index (Phi) is 7.23. The molecule has 4 aliphatic heterocycles. The number of nitrogens with one attached hydrogen (secondary N) is 1. The van der Waals surface area contributed by atoms with Gasteiger partial charge in [0.15, 0.2) is 17.2 Å². The average molecular weight is 603 g/mol. The molecule has 5 unspecified atom stereocenters. The molecular weight excluding hydrogens is 565 g/mol. The fraction of sp³-hybridized carbons (Fsp3) is 0.655. The largest absolute Gasteiger partial charge is 0.435 e. The van der Waals surface area contributed by atoms with Crippen LogP contribution in [0.25, 0.3) is 16.9 Å². The Balaban J connectivity index is 1.39. The van der Waals surface area contributed by atoms with E-state index in [-0.39, 0.29) is 53.0 Å². The number of alkyl halides is 3. The number of aromatic nitrogens is 5. The summed E-state index contributed by atoms with van der Waals surface area (Å²) in [4.78, 5) is 21.5. The van der Waals surface area contributed by atoms with Gasteiger partial charge in [-0.3, -0.25) is 4.79 Å². The Morgan fingerprint density at radius 3 is 2.53 bits per heavy atom. The van der Waals surface area contributed by atoms with Gasteiger partial charge in [0.2, 0.25) is 5.91 Å². The number of hydrogen-bond donors (Lipinski definition) is 1. The highest BCUT2D eigenvalue weighted by molar-refractivity contribution is 5.95. The zero-order chi connectivity index (χ0) is 29.9. The van der Waals surface area contributed by atoms with E-state index >= 15 is 0 Å². The Labute approximate surface area is 247 Å². The maximum absolute atomic E-state index is 14.7. The lowest BCUT2D eigenvalue weighted by atomic mass is 9.90. The van der Waals surface area contributed by atoms with Gasteiger partial charge in [0.1, 0.15) is 12.0 Å². The number of pyridine rings is 1. The molecule has 0 saturated carbocycles. The standard InChI is InChI=1S/C29H37F3N8O3/c1-17-13-18(28(41)33-2)8-10-37(17)21-14-23(39-19-6-7-20(39)16-42-15-19)34-27-25(21)26(29(30,31)32)36-40(27)22-9-11-38(35-22)24-5-3-4-12-43-24/h9,11,14,17-20,24H,3-8,10,12-13,15-16H2,1-2H3,(H,33,41). The maximum atomic E-state index is 14.7. The Hall–Kier alpha value is -3.39. The number of rotatable bonds is 5. The fourth-order valence-electron chi connectivity index (χ4n) is 7.31. The van der Waals surface area contributed by atoms with E-state index in [0.717, 1.165) is 32.1 Å². The first-order valence-electron chi connectivity index (χ1n) is 15.3. The molecule has 0 aromatic carbocycles. The molecule has 232 valence electrons. The molecule has 1 amide bonds. The van der Waals surface area contributed by atoms with Gasteiger partial charge in [0.25, 0.3) is 0 Å². The molecule has 11 nitrogen and oxygen atoms in total. The van der Waals surface area contributed by atoms with Crippen molar-refractivity contribution in [2.75, 3.05) is 43.2 Å². The second-order valence-electron chi connectivity index (χ2n) is 12.1. The molecule has 7 rings (SSSR count). The monoisotopic (exact) mass is 602 g/mol. The van der Waals surface area contributed by atoms with Crippen molar-refractivity contribution in [2.45, 2.75) is 82.4 Å². The molecule has 0 spiro atoms. The molecule has 0 radical (unpaired) electrons. The van der Waals surface area contributed by atoms with Crippen molar-refractivity contribution < 1.29 is 27.4 Å². The number of carbonyl (C=O) groups excluding carboxylic acids is 1. The second-order valence-corrected chi connectivity index (χ2v) is 12.1. The summed E-state index contributed by atoms with van der Waals surface area (Å²) in [7, 11) is 1.61. The molecule has 1 N–H and O–H groups in total. The van der Waals surface area contributed by atoms with Gasteiger partial charge >= 0.3 is 6.18 Å². The third-order valence-corrected chi connectivity index (χ3v) is 9.44. The summed E-state index contributed by atoms with van der Waals surface area (Å²) in [6.45, 7) is 4.12. The predicted octanol–water partition coefficient (Wildman–Crippen LogP) is 4.05. The highest BCUT2D eigenvalue weighted by atomic mass is 19.4. The van der Waals surface area contributed by atoms with Crippen LogP contribution in [0.4, 0.5) is 24.7 Å². The molecule has 0 aliphatic carbocycles. The van der Waals surface area contributed by atoms with Crippen molar-refractivity contribution in [3.63, 3.8) is 0 Å². The van der Waals surface area contributed by atoms with Crippen LogP contribution in [0.1, 0.15) is 63.8 Å². The Morgan fingerprint density at radius 1 is 1.07 bits per heavy atom. The van der Waals surface area contributed by atoms with Gasteiger partial charge in [0.05, 0.1) is 36.4 Å². The van der Waals surface area contributed by atoms with E-state index in [1.807, 2.05) is 11.8 Å². The van der Waals surface area contributed by atoms with Gasteiger partial charge in [-0.1, -0.05) is 0 Å². The number of nitrogens with zero attached hydrogens (tertiary/aromatic N) is 7. The number of halogens is 3. The minimum Gasteiger partial charge on any atom is -0.377 e. The number of morpholine rings is 1. The lowest BCUT2D eigenvalue weighted by molar-refractivity contribution is -0.140. The van der Waals surface area contributed by atoms with Gasteiger partial charge < -0.3 is 24.6 Å². The molecule has 5 atom stereocenters. The zero-order valence-electron chi connectivity index (χ0n) is 24.4. The number of piperidine rings is 1. The van der Waals surface area contributed by atoms with Crippen molar-refractivity contribution >= 4 is 28.4 Å². The summed E-state index contributed by atoms with van der Waals surface area (Å²) in [5, 5.41) is 11.4. The molecule has 4 aliphatic rings. The number of fused-ring (bicyclic) bond motifs is 3. The molecule has 43 heavy (non-hydrogen) atoms. The molecule has 4 saturated heterocycles. The van der Waals surface area contributed by atoms with E-state index in [4.69, 9.17) is 14.5 Å². The van der Waals surface area contributed by atoms with Crippen LogP contribution in [-0.4, -0.2) is 82.0 Å². The molecule has 14 heteroatoms. The number of hydrogen-bond acceptors (Lipinski definition) is 8. The van der Waals surface area contributed by atoms with E-state index in [0.29, 0.717) is 50.7 Å². The molecule has 7 heterocycles. The number of ether oxygens (including phenoxy) is 2. The van der Waals surface area contributed by atoms with Crippen LogP contribution in [0, 0.1) is 5.92 Å². The van der Waals surface area contributed by atoms with Crippen LogP contribution >= 0.6 is 0 Å². The van der Waals surface area contributed by atoms with Gasteiger partial charge in [0, 0.05) is 50.5 Å². The molecule has 3 aromatic rings. The van der Waals surface area contributed by atoms with Gasteiger partial charge in [-0.2, -0.15) is 28.1 Å². The van der Waals surface area contributed by atoms with Gasteiger partial charge in [-0.25, -0.2) is 9.67 Å². The Bertz CT molecular complexity index is 1480. The first-order valence-corrected chi connectivity index (χ1v) is 15.3. The van der Waals surface area contributed by atoms with E-state index in [9.17, 15) is 18.0 Å². The smallest absolute Gasteiger partial charge is 0.377 e. The number of anilines is 2. The van der Waals surface area contributed by atoms with E-state index in [1.54, 1.807) is 30.1 Å². The van der Waals surface area contributed by atoms with Gasteiger partial charge in [-0.15, -0.1) is 0 Å². The van der Waals surface area contributed by atoms with Gasteiger partial charge in [-0.05, 0) is 51.9 Å². The summed E-state index contributed by atoms with van der Waals surface area (Å²) in [5.41, 5.74) is -0.450. The van der Waals surface area contributed by atoms with Crippen molar-refractivity contribution in [1.82, 2.24) is 29.9 Å². The van der Waals surface area contributed by atoms with Crippen molar-refractivity contribution in [3.8, 4) is 5.82 Å². The third-order valence-electron chi connectivity index (χ3n) is 9.44. The van der Waals surface area contributed by atoms with Crippen LogP contribution < -0.4 is 15.1 Å². The first kappa shape index (κ1) is 28.4. The highest BCUT2D eigenvalue weighted by Gasteiger charge is 2.43. The third kappa shape index (κ3) is 5.01. The van der Waals surface area contributed by atoms with Crippen LogP contribution in [0.5, 0.6) is 0 Å². The minimum absolute atomic E-state index is 0.0433. The summed E-state index contributed by atoms with van der Waals surface area (Å²) in [5.74, 6) is 0.627. The molecule has 2 bridgehead atoms. The SMILES string of the molecule is CNC(=O)C1CCN(c2cc(N3C4CCC3COC4)nc3c2c(C(F)(F)F)nn3-c2ccn(C3CCCCO3)n2)C(C)C1. The van der Waals surface area contributed by atoms with Crippen molar-refractivity contribution in [2.24, 2.45) is 5.92 Å². The van der Waals surface area contributed by atoms with Crippen LogP contribution in [0.3, 0.4) is 0 Å². The molecular formula is C29H37F3N8O3. The number of amides is 1. The molecule has 4 fully saturated rings. The summed E-state index contributed by atoms with van der Waals surface area (Å²) < 4.78 is 58.8. The Morgan fingerprint density at radius 2 is 1.86 bits per heavy atom. The molecule has 3 aromatic heterocycles. The lowest BCUT2D eigenvalue weighted by Crippen LogP contribution is -2.47. The number of carbonyl (C=O) groups is 1. The fourth-order valence-corrected chi connectivity index (χ4v) is 7.31.